The summed E-state index contributed by atoms with van der Waals surface area (Å²) < 4.78 is 3.27. The first-order chi connectivity index (χ1) is 8.88. The van der Waals surface area contributed by atoms with Crippen LogP contribution in [0.25, 0.3) is 5.82 Å². The van der Waals surface area contributed by atoms with Gasteiger partial charge in [-0.05, 0) is 20.8 Å². The van der Waals surface area contributed by atoms with Crippen molar-refractivity contribution in [1.82, 2.24) is 19.6 Å². The highest BCUT2D eigenvalue weighted by Crippen LogP contribution is 2.25. The zero-order valence-electron chi connectivity index (χ0n) is 11.1. The van der Waals surface area contributed by atoms with E-state index in [1.54, 1.807) is 23.3 Å². The SMILES string of the molecule is Cc1nn(-c2c(C(N)=NO)c(C)nn2C)c(C)c1Cl. The topological polar surface area (TPSA) is 94.2 Å². The van der Waals surface area contributed by atoms with Gasteiger partial charge in [-0.2, -0.15) is 10.2 Å². The molecule has 2 aromatic heterocycles. The van der Waals surface area contributed by atoms with E-state index in [-0.39, 0.29) is 5.84 Å². The number of nitrogens with zero attached hydrogens (tertiary/aromatic N) is 5. The smallest absolute Gasteiger partial charge is 0.175 e. The number of oxime groups is 1. The lowest BCUT2D eigenvalue weighted by Gasteiger charge is -2.07. The third-order valence-corrected chi connectivity index (χ3v) is 3.51. The van der Waals surface area contributed by atoms with E-state index in [9.17, 15) is 0 Å². The van der Waals surface area contributed by atoms with Crippen molar-refractivity contribution in [2.45, 2.75) is 20.8 Å². The molecule has 0 spiro atoms. The number of aromatic nitrogens is 4. The summed E-state index contributed by atoms with van der Waals surface area (Å²) in [6, 6.07) is 0. The van der Waals surface area contributed by atoms with Crippen molar-refractivity contribution in [3.8, 4) is 5.82 Å². The Morgan fingerprint density at radius 1 is 1.26 bits per heavy atom. The third kappa shape index (κ3) is 1.95. The lowest BCUT2D eigenvalue weighted by Crippen LogP contribution is -2.18. The van der Waals surface area contributed by atoms with Gasteiger partial charge >= 0.3 is 0 Å². The zero-order valence-corrected chi connectivity index (χ0v) is 11.9. The van der Waals surface area contributed by atoms with Gasteiger partial charge in [-0.1, -0.05) is 16.8 Å². The average molecular weight is 283 g/mol. The average Bonchev–Trinajstić information content (AvgIpc) is 2.79. The molecule has 0 aromatic carbocycles. The van der Waals surface area contributed by atoms with Crippen LogP contribution >= 0.6 is 11.6 Å². The molecule has 7 nitrogen and oxygen atoms in total. The Morgan fingerprint density at radius 3 is 2.37 bits per heavy atom. The number of halogens is 1. The molecule has 0 amide bonds. The molecule has 3 N–H and O–H groups in total. The monoisotopic (exact) mass is 282 g/mol. The van der Waals surface area contributed by atoms with E-state index >= 15 is 0 Å². The Morgan fingerprint density at radius 2 is 1.89 bits per heavy atom. The minimum atomic E-state index is -0.00993. The minimum Gasteiger partial charge on any atom is -0.409 e. The third-order valence-electron chi connectivity index (χ3n) is 2.96. The van der Waals surface area contributed by atoms with Crippen molar-refractivity contribution in [3.63, 3.8) is 0 Å². The summed E-state index contributed by atoms with van der Waals surface area (Å²) in [5.41, 5.74) is 8.38. The molecule has 2 rings (SSSR count). The van der Waals surface area contributed by atoms with Crippen LogP contribution < -0.4 is 5.73 Å². The van der Waals surface area contributed by atoms with Crippen molar-refractivity contribution in [2.75, 3.05) is 0 Å². The fourth-order valence-electron chi connectivity index (χ4n) is 2.07. The first-order valence-corrected chi connectivity index (χ1v) is 5.99. The van der Waals surface area contributed by atoms with Crippen molar-refractivity contribution in [1.29, 1.82) is 0 Å². The predicted molar refractivity (Wildman–Crippen MR) is 72.1 cm³/mol. The number of aryl methyl sites for hydroxylation is 3. The van der Waals surface area contributed by atoms with Gasteiger partial charge in [0.05, 0.1) is 27.7 Å². The van der Waals surface area contributed by atoms with Crippen molar-refractivity contribution in [2.24, 2.45) is 17.9 Å². The minimum absolute atomic E-state index is 0.00993. The van der Waals surface area contributed by atoms with Gasteiger partial charge in [-0.3, -0.25) is 4.68 Å². The standard InChI is InChI=1S/C11H15ClN6O/c1-5-8(10(13)16-19)11(17(4)14-5)18-7(3)9(12)6(2)15-18/h19H,1-4H3,(H2,13,16). The highest BCUT2D eigenvalue weighted by Gasteiger charge is 2.22. The number of rotatable bonds is 2. The fraction of sp³-hybridized carbons (Fsp3) is 0.364. The largest absolute Gasteiger partial charge is 0.409 e. The van der Waals surface area contributed by atoms with Crippen LogP contribution in [0.3, 0.4) is 0 Å². The lowest BCUT2D eigenvalue weighted by atomic mass is 10.2. The molecule has 0 bridgehead atoms. The summed E-state index contributed by atoms with van der Waals surface area (Å²) in [6.07, 6.45) is 0. The van der Waals surface area contributed by atoms with Crippen LogP contribution in [0, 0.1) is 20.8 Å². The molecule has 8 heteroatoms. The van der Waals surface area contributed by atoms with Crippen molar-refractivity contribution in [3.05, 3.63) is 27.7 Å². The van der Waals surface area contributed by atoms with Gasteiger partial charge in [0.15, 0.2) is 11.7 Å². The molecule has 0 atom stereocenters. The lowest BCUT2D eigenvalue weighted by molar-refractivity contribution is 0.318. The quantitative estimate of drug-likeness (QED) is 0.375. The molecule has 0 radical (unpaired) electrons. The summed E-state index contributed by atoms with van der Waals surface area (Å²) in [6.45, 7) is 5.45. The molecule has 2 heterocycles. The van der Waals surface area contributed by atoms with Crippen molar-refractivity contribution < 1.29 is 5.21 Å². The second-order valence-corrected chi connectivity index (χ2v) is 4.67. The number of hydrogen-bond acceptors (Lipinski definition) is 4. The van der Waals surface area contributed by atoms with E-state index in [0.717, 1.165) is 5.69 Å². The summed E-state index contributed by atoms with van der Waals surface area (Å²) >= 11 is 6.15. The van der Waals surface area contributed by atoms with E-state index in [0.29, 0.717) is 27.8 Å². The van der Waals surface area contributed by atoms with Gasteiger partial charge in [0.2, 0.25) is 0 Å². The van der Waals surface area contributed by atoms with Crippen LogP contribution in [0.15, 0.2) is 5.16 Å². The normalized spacial score (nSPS) is 12.2. The second kappa shape index (κ2) is 4.58. The molecule has 0 unspecified atom stereocenters. The Bertz CT molecular complexity index is 669. The first kappa shape index (κ1) is 13.4. The van der Waals surface area contributed by atoms with Crippen LogP contribution in [0.5, 0.6) is 0 Å². The summed E-state index contributed by atoms with van der Waals surface area (Å²) in [7, 11) is 1.76. The van der Waals surface area contributed by atoms with Crippen LogP contribution in [0.4, 0.5) is 0 Å². The molecule has 0 aliphatic heterocycles. The molecule has 19 heavy (non-hydrogen) atoms. The Balaban J connectivity index is 2.79. The molecular weight excluding hydrogens is 268 g/mol. The number of hydrogen-bond donors (Lipinski definition) is 2. The molecule has 0 aliphatic carbocycles. The Kier molecular flexibility index (Phi) is 3.23. The molecule has 0 fully saturated rings. The summed E-state index contributed by atoms with van der Waals surface area (Å²) in [4.78, 5) is 0. The van der Waals surface area contributed by atoms with Gasteiger partial charge in [0.25, 0.3) is 0 Å². The molecule has 0 aliphatic rings. The van der Waals surface area contributed by atoms with Gasteiger partial charge in [-0.15, -0.1) is 0 Å². The van der Waals surface area contributed by atoms with Crippen molar-refractivity contribution >= 4 is 17.4 Å². The predicted octanol–water partition coefficient (Wildman–Crippen LogP) is 1.28. The Hall–Kier alpha value is -2.02. The highest BCUT2D eigenvalue weighted by atomic mass is 35.5. The van der Waals surface area contributed by atoms with Gasteiger partial charge in [0.1, 0.15) is 0 Å². The molecule has 0 saturated heterocycles. The van der Waals surface area contributed by atoms with E-state index in [1.807, 2.05) is 13.8 Å². The maximum atomic E-state index is 8.89. The van der Waals surface area contributed by atoms with Crippen LogP contribution in [-0.2, 0) is 7.05 Å². The summed E-state index contributed by atoms with van der Waals surface area (Å²) in [5.74, 6) is 0.601. The maximum absolute atomic E-state index is 8.89. The number of nitrogens with two attached hydrogens (primary N) is 1. The molecule has 2 aromatic rings. The fourth-order valence-corrected chi connectivity index (χ4v) is 2.19. The van der Waals surface area contributed by atoms with Gasteiger partial charge < -0.3 is 10.9 Å². The molecule has 102 valence electrons. The first-order valence-electron chi connectivity index (χ1n) is 5.62. The van der Waals surface area contributed by atoms with Gasteiger partial charge in [0, 0.05) is 7.05 Å². The van der Waals surface area contributed by atoms with E-state index in [4.69, 9.17) is 22.5 Å². The van der Waals surface area contributed by atoms with Gasteiger partial charge in [-0.25, -0.2) is 4.68 Å². The number of amidine groups is 1. The molecular formula is C11H15ClN6O. The zero-order chi connectivity index (χ0) is 14.3. The highest BCUT2D eigenvalue weighted by molar-refractivity contribution is 6.31. The molecule has 0 saturated carbocycles. The summed E-state index contributed by atoms with van der Waals surface area (Å²) in [5, 5.41) is 21.2. The Labute approximate surface area is 115 Å². The maximum Gasteiger partial charge on any atom is 0.175 e. The van der Waals surface area contributed by atoms with Crippen LogP contribution in [-0.4, -0.2) is 30.6 Å². The van der Waals surface area contributed by atoms with E-state index in [2.05, 4.69) is 15.4 Å². The van der Waals surface area contributed by atoms with Crippen LogP contribution in [0.1, 0.15) is 22.6 Å². The van der Waals surface area contributed by atoms with Crippen LogP contribution in [0.2, 0.25) is 5.02 Å². The van der Waals surface area contributed by atoms with E-state index in [1.165, 1.54) is 0 Å². The second-order valence-electron chi connectivity index (χ2n) is 4.29. The van der Waals surface area contributed by atoms with E-state index < -0.39 is 0 Å².